The van der Waals surface area contributed by atoms with Crippen molar-refractivity contribution in [1.82, 2.24) is 9.80 Å². The average Bonchev–Trinajstić information content (AvgIpc) is 3.08. The lowest BCUT2D eigenvalue weighted by Crippen LogP contribution is -2.47. The van der Waals surface area contributed by atoms with Crippen LogP contribution in [0.25, 0.3) is 0 Å². The summed E-state index contributed by atoms with van der Waals surface area (Å²) < 4.78 is 25.0. The fraction of sp³-hybridized carbons (Fsp3) is 0.650. The number of methoxy groups -OCH3 is 1. The molecular weight excluding hydrogens is 420 g/mol. The van der Waals surface area contributed by atoms with E-state index in [0.717, 1.165) is 12.8 Å². The second-order valence-corrected chi connectivity index (χ2v) is 7.78. The van der Waals surface area contributed by atoms with Gasteiger partial charge >= 0.3 is 0 Å². The molecule has 2 aliphatic rings. The fourth-order valence-corrected chi connectivity index (χ4v) is 4.49. The molecule has 0 spiro atoms. The SMILES string of the molecule is CO[C@@H]1C[C@H]2CN(C(=O)c3cc(F)ccc3OCCN)C[C@H]2C[C@H]1N(C)C.Cl.Cl. The second kappa shape index (κ2) is 11.3. The summed E-state index contributed by atoms with van der Waals surface area (Å²) in [6.07, 6.45) is 2.11. The van der Waals surface area contributed by atoms with Crippen LogP contribution in [0, 0.1) is 17.7 Å². The van der Waals surface area contributed by atoms with Crippen LogP contribution < -0.4 is 10.5 Å². The minimum atomic E-state index is -0.442. The summed E-state index contributed by atoms with van der Waals surface area (Å²) in [5.74, 6) is 0.628. The lowest BCUT2D eigenvalue weighted by atomic mass is 9.77. The van der Waals surface area contributed by atoms with Crippen LogP contribution in [-0.4, -0.2) is 75.3 Å². The van der Waals surface area contributed by atoms with Gasteiger partial charge in [-0.2, -0.15) is 0 Å². The highest BCUT2D eigenvalue weighted by molar-refractivity contribution is 5.97. The fourth-order valence-electron chi connectivity index (χ4n) is 4.49. The number of nitrogens with two attached hydrogens (primary N) is 1. The van der Waals surface area contributed by atoms with Gasteiger partial charge in [0.1, 0.15) is 18.2 Å². The van der Waals surface area contributed by atoms with E-state index in [9.17, 15) is 9.18 Å². The number of fused-ring (bicyclic) bond motifs is 1. The Kier molecular flexibility index (Phi) is 10.1. The zero-order valence-corrected chi connectivity index (χ0v) is 18.8. The van der Waals surface area contributed by atoms with Gasteiger partial charge < -0.3 is 25.0 Å². The summed E-state index contributed by atoms with van der Waals surface area (Å²) in [6, 6.07) is 4.42. The van der Waals surface area contributed by atoms with E-state index in [4.69, 9.17) is 15.2 Å². The van der Waals surface area contributed by atoms with Crippen LogP contribution in [-0.2, 0) is 4.74 Å². The quantitative estimate of drug-likeness (QED) is 0.718. The van der Waals surface area contributed by atoms with Gasteiger partial charge in [-0.15, -0.1) is 24.8 Å². The zero-order chi connectivity index (χ0) is 19.6. The van der Waals surface area contributed by atoms with Crippen LogP contribution in [0.1, 0.15) is 23.2 Å². The van der Waals surface area contributed by atoms with Gasteiger partial charge in [0.15, 0.2) is 0 Å². The van der Waals surface area contributed by atoms with Crippen molar-refractivity contribution in [2.75, 3.05) is 47.4 Å². The van der Waals surface area contributed by atoms with Crippen molar-refractivity contribution in [3.8, 4) is 5.75 Å². The average molecular weight is 452 g/mol. The van der Waals surface area contributed by atoms with E-state index in [0.29, 0.717) is 43.3 Å². The van der Waals surface area contributed by atoms with Crippen LogP contribution in [0.4, 0.5) is 4.39 Å². The third-order valence-electron chi connectivity index (χ3n) is 5.89. The van der Waals surface area contributed by atoms with Crippen molar-refractivity contribution in [2.24, 2.45) is 17.6 Å². The molecule has 1 aromatic rings. The molecule has 0 bridgehead atoms. The summed E-state index contributed by atoms with van der Waals surface area (Å²) in [5.41, 5.74) is 5.76. The Hall–Kier alpha value is -1.12. The number of hydrogen-bond acceptors (Lipinski definition) is 5. The first-order chi connectivity index (χ1) is 12.9. The molecule has 2 fully saturated rings. The predicted octanol–water partition coefficient (Wildman–Crippen LogP) is 2.43. The number of carbonyl (C=O) groups is 1. The van der Waals surface area contributed by atoms with Crippen molar-refractivity contribution in [3.63, 3.8) is 0 Å². The molecule has 2 N–H and O–H groups in total. The molecule has 4 atom stereocenters. The number of hydrogen-bond donors (Lipinski definition) is 1. The van der Waals surface area contributed by atoms with Gasteiger partial charge in [0, 0.05) is 32.8 Å². The van der Waals surface area contributed by atoms with Crippen molar-refractivity contribution < 1.29 is 18.7 Å². The number of likely N-dealkylation sites (N-methyl/N-ethyl adjacent to an activating group) is 1. The van der Waals surface area contributed by atoms with Crippen molar-refractivity contribution in [1.29, 1.82) is 0 Å². The maximum Gasteiger partial charge on any atom is 0.257 e. The summed E-state index contributed by atoms with van der Waals surface area (Å²) in [5, 5.41) is 0. The van der Waals surface area contributed by atoms with Gasteiger partial charge in [0.25, 0.3) is 5.91 Å². The highest BCUT2D eigenvalue weighted by atomic mass is 35.5. The first kappa shape index (κ1) is 25.9. The molecule has 29 heavy (non-hydrogen) atoms. The molecule has 1 aliphatic heterocycles. The van der Waals surface area contributed by atoms with Gasteiger partial charge in [-0.1, -0.05) is 0 Å². The van der Waals surface area contributed by atoms with Crippen LogP contribution >= 0.6 is 24.8 Å². The summed E-state index contributed by atoms with van der Waals surface area (Å²) in [7, 11) is 5.90. The minimum Gasteiger partial charge on any atom is -0.491 e. The number of benzene rings is 1. The third-order valence-corrected chi connectivity index (χ3v) is 5.89. The van der Waals surface area contributed by atoms with E-state index < -0.39 is 5.82 Å². The maximum absolute atomic E-state index is 13.8. The van der Waals surface area contributed by atoms with Crippen LogP contribution in [0.15, 0.2) is 18.2 Å². The molecule has 1 heterocycles. The normalized spacial score (nSPS) is 25.8. The molecule has 0 unspecified atom stereocenters. The Labute approximate surface area is 184 Å². The molecule has 166 valence electrons. The molecule has 3 rings (SSSR count). The van der Waals surface area contributed by atoms with Gasteiger partial charge in [-0.05, 0) is 57.0 Å². The number of nitrogens with zero attached hydrogens (tertiary/aromatic N) is 2. The van der Waals surface area contributed by atoms with Gasteiger partial charge in [-0.3, -0.25) is 4.79 Å². The topological polar surface area (TPSA) is 68.0 Å². The Bertz CT molecular complexity index is 680. The number of halogens is 3. The van der Waals surface area contributed by atoms with E-state index >= 15 is 0 Å². The second-order valence-electron chi connectivity index (χ2n) is 7.78. The molecule has 0 radical (unpaired) electrons. The number of carbonyl (C=O) groups excluding carboxylic acids is 1. The maximum atomic E-state index is 13.8. The van der Waals surface area contributed by atoms with Gasteiger partial charge in [0.2, 0.25) is 0 Å². The van der Waals surface area contributed by atoms with Crippen molar-refractivity contribution in [2.45, 2.75) is 25.0 Å². The standard InChI is InChI=1S/C20H30FN3O3.2ClH/c1-23(2)17-8-13-11-24(12-14(13)9-19(17)26-3)20(25)16-10-15(21)4-5-18(16)27-7-6-22;;/h4-5,10,13-14,17,19H,6-9,11-12,22H2,1-3H3;2*1H/t13-,14+,17-,19-;;/m1../s1. The van der Waals surface area contributed by atoms with Gasteiger partial charge in [-0.25, -0.2) is 4.39 Å². The summed E-state index contributed by atoms with van der Waals surface area (Å²) >= 11 is 0. The monoisotopic (exact) mass is 451 g/mol. The zero-order valence-electron chi connectivity index (χ0n) is 17.2. The Morgan fingerprint density at radius 1 is 1.24 bits per heavy atom. The molecule has 1 aliphatic carbocycles. The Morgan fingerprint density at radius 3 is 2.48 bits per heavy atom. The highest BCUT2D eigenvalue weighted by Crippen LogP contribution is 2.39. The van der Waals surface area contributed by atoms with Crippen molar-refractivity contribution >= 4 is 30.7 Å². The molecule has 1 amide bonds. The number of rotatable bonds is 6. The van der Waals surface area contributed by atoms with E-state index in [1.165, 1.54) is 18.2 Å². The number of ether oxygens (including phenoxy) is 2. The Balaban J connectivity index is 0.00000210. The largest absolute Gasteiger partial charge is 0.491 e. The van der Waals surface area contributed by atoms with E-state index in [1.54, 1.807) is 7.11 Å². The predicted molar refractivity (Wildman–Crippen MR) is 116 cm³/mol. The first-order valence-electron chi connectivity index (χ1n) is 9.55. The van der Waals surface area contributed by atoms with E-state index in [2.05, 4.69) is 19.0 Å². The van der Waals surface area contributed by atoms with Gasteiger partial charge in [0.05, 0.1) is 11.7 Å². The number of likely N-dealkylation sites (tertiary alicyclic amines) is 1. The van der Waals surface area contributed by atoms with Crippen LogP contribution in [0.2, 0.25) is 0 Å². The van der Waals surface area contributed by atoms with Crippen LogP contribution in [0.5, 0.6) is 5.75 Å². The molecule has 0 aromatic heterocycles. The Morgan fingerprint density at radius 2 is 1.90 bits per heavy atom. The molecule has 9 heteroatoms. The first-order valence-corrected chi connectivity index (χ1v) is 9.55. The third kappa shape index (κ3) is 5.73. The molecular formula is C20H32Cl2FN3O3. The smallest absolute Gasteiger partial charge is 0.257 e. The summed E-state index contributed by atoms with van der Waals surface area (Å²) in [6.45, 7) is 1.99. The molecule has 1 saturated heterocycles. The molecule has 1 saturated carbocycles. The molecule has 6 nitrogen and oxygen atoms in total. The van der Waals surface area contributed by atoms with Crippen LogP contribution in [0.3, 0.4) is 0 Å². The lowest BCUT2D eigenvalue weighted by molar-refractivity contribution is -0.0209. The van der Waals surface area contributed by atoms with E-state index in [-0.39, 0.29) is 49.0 Å². The summed E-state index contributed by atoms with van der Waals surface area (Å²) in [4.78, 5) is 17.1. The minimum absolute atomic E-state index is 0. The van der Waals surface area contributed by atoms with E-state index in [1.807, 2.05) is 4.90 Å². The molecule has 1 aromatic carbocycles. The lowest BCUT2D eigenvalue weighted by Gasteiger charge is -2.40. The highest BCUT2D eigenvalue weighted by Gasteiger charge is 2.44. The van der Waals surface area contributed by atoms with Crippen molar-refractivity contribution in [3.05, 3.63) is 29.6 Å². The number of amides is 1.